The second-order valence-corrected chi connectivity index (χ2v) is 5.74. The zero-order valence-corrected chi connectivity index (χ0v) is 10.2. The summed E-state index contributed by atoms with van der Waals surface area (Å²) in [5.41, 5.74) is 4.36. The molecule has 1 nitrogen and oxygen atoms in total. The van der Waals surface area contributed by atoms with Crippen LogP contribution >= 0.6 is 0 Å². The van der Waals surface area contributed by atoms with Crippen LogP contribution < -0.4 is 0 Å². The van der Waals surface area contributed by atoms with Crippen molar-refractivity contribution in [3.05, 3.63) is 47.3 Å². The van der Waals surface area contributed by atoms with Crippen LogP contribution in [0.3, 0.4) is 0 Å². The Morgan fingerprint density at radius 1 is 1.35 bits per heavy atom. The van der Waals surface area contributed by atoms with E-state index in [1.165, 1.54) is 34.0 Å². The van der Waals surface area contributed by atoms with Crippen molar-refractivity contribution in [1.29, 1.82) is 0 Å². The van der Waals surface area contributed by atoms with Crippen LogP contribution in [0.2, 0.25) is 0 Å². The van der Waals surface area contributed by atoms with Gasteiger partial charge in [0.15, 0.2) is 0 Å². The molecule has 1 aromatic heterocycles. The molecule has 0 amide bonds. The summed E-state index contributed by atoms with van der Waals surface area (Å²) < 4.78 is 0. The maximum Gasteiger partial charge on any atom is 0.0522 e. The number of aromatic nitrogens is 1. The van der Waals surface area contributed by atoms with Gasteiger partial charge < -0.3 is 0 Å². The Hall–Kier alpha value is -1.63. The summed E-state index contributed by atoms with van der Waals surface area (Å²) in [6.45, 7) is 4.46. The number of hydrogen-bond acceptors (Lipinski definition) is 1. The van der Waals surface area contributed by atoms with Crippen LogP contribution in [0.5, 0.6) is 0 Å². The zero-order chi connectivity index (χ0) is 11.6. The smallest absolute Gasteiger partial charge is 0.0522 e. The molecule has 1 saturated carbocycles. The third kappa shape index (κ3) is 1.17. The van der Waals surface area contributed by atoms with Crippen LogP contribution in [-0.4, -0.2) is 4.98 Å². The van der Waals surface area contributed by atoms with Crippen molar-refractivity contribution in [3.8, 4) is 0 Å². The van der Waals surface area contributed by atoms with Crippen LogP contribution in [0.4, 0.5) is 0 Å². The maximum absolute atomic E-state index is 4.71. The molecule has 2 aromatic rings. The highest BCUT2D eigenvalue weighted by Gasteiger charge is 2.52. The molecular formula is C16H15N. The normalized spacial score (nSPS) is 28.9. The second-order valence-electron chi connectivity index (χ2n) is 5.74. The minimum absolute atomic E-state index is 0.401. The molecule has 4 rings (SSSR count). The summed E-state index contributed by atoms with van der Waals surface area (Å²) in [6.07, 6.45) is 7.96. The first kappa shape index (κ1) is 9.41. The van der Waals surface area contributed by atoms with E-state index in [1.807, 2.05) is 6.20 Å². The summed E-state index contributed by atoms with van der Waals surface area (Å²) in [4.78, 5) is 4.71. The minimum Gasteiger partial charge on any atom is -0.260 e. The molecule has 84 valence electrons. The van der Waals surface area contributed by atoms with Crippen molar-refractivity contribution in [1.82, 2.24) is 4.98 Å². The lowest BCUT2D eigenvalue weighted by Gasteiger charge is -2.16. The molecule has 2 atom stereocenters. The number of hydrogen-bond donors (Lipinski definition) is 0. The van der Waals surface area contributed by atoms with E-state index in [0.717, 1.165) is 0 Å². The first-order valence-corrected chi connectivity index (χ1v) is 6.26. The number of rotatable bonds is 0. The summed E-state index contributed by atoms with van der Waals surface area (Å²) in [7, 11) is 0. The van der Waals surface area contributed by atoms with E-state index in [2.05, 4.69) is 44.2 Å². The monoisotopic (exact) mass is 221 g/mol. The lowest BCUT2D eigenvalue weighted by Crippen LogP contribution is -2.03. The standard InChI is InChI=1S/C16H15N/c1-10-3-4-12-11(7-10)9-17-15-13(12)5-6-16(2)8-14(15)16/h3-7,9,14H,8H2,1-2H3. The maximum atomic E-state index is 4.71. The van der Waals surface area contributed by atoms with Gasteiger partial charge in [-0.25, -0.2) is 0 Å². The highest BCUT2D eigenvalue weighted by Crippen LogP contribution is 2.63. The Morgan fingerprint density at radius 2 is 2.24 bits per heavy atom. The third-order valence-electron chi connectivity index (χ3n) is 4.36. The predicted octanol–water partition coefficient (Wildman–Crippen LogP) is 4.06. The van der Waals surface area contributed by atoms with Gasteiger partial charge in [-0.3, -0.25) is 4.98 Å². The summed E-state index contributed by atoms with van der Waals surface area (Å²) in [6, 6.07) is 6.65. The molecule has 1 heteroatoms. The topological polar surface area (TPSA) is 12.9 Å². The number of pyridine rings is 1. The quantitative estimate of drug-likeness (QED) is 0.653. The number of aryl methyl sites for hydroxylation is 1. The molecule has 1 heterocycles. The lowest BCUT2D eigenvalue weighted by atomic mass is 9.91. The first-order valence-electron chi connectivity index (χ1n) is 6.26. The van der Waals surface area contributed by atoms with E-state index in [-0.39, 0.29) is 0 Å². The molecule has 17 heavy (non-hydrogen) atoms. The molecule has 2 unspecified atom stereocenters. The lowest BCUT2D eigenvalue weighted by molar-refractivity contribution is 0.696. The van der Waals surface area contributed by atoms with Crippen LogP contribution in [0.15, 0.2) is 30.5 Å². The minimum atomic E-state index is 0.401. The van der Waals surface area contributed by atoms with Gasteiger partial charge in [0, 0.05) is 23.1 Å². The molecule has 1 fully saturated rings. The van der Waals surface area contributed by atoms with Gasteiger partial charge in [-0.15, -0.1) is 0 Å². The van der Waals surface area contributed by atoms with Gasteiger partial charge in [-0.05, 0) is 30.2 Å². The van der Waals surface area contributed by atoms with Gasteiger partial charge in [0.05, 0.1) is 5.69 Å². The van der Waals surface area contributed by atoms with E-state index in [0.29, 0.717) is 11.3 Å². The largest absolute Gasteiger partial charge is 0.260 e. The molecular weight excluding hydrogens is 206 g/mol. The average molecular weight is 221 g/mol. The average Bonchev–Trinajstić information content (AvgIpc) is 3.00. The van der Waals surface area contributed by atoms with Crippen molar-refractivity contribution < 1.29 is 0 Å². The summed E-state index contributed by atoms with van der Waals surface area (Å²) >= 11 is 0. The first-order chi connectivity index (χ1) is 8.17. The SMILES string of the molecule is Cc1ccc2c3c(ncc2c1)C1CC1(C)C=C3. The second kappa shape index (κ2) is 2.79. The van der Waals surface area contributed by atoms with Gasteiger partial charge in [-0.2, -0.15) is 0 Å². The molecule has 2 aliphatic rings. The number of fused-ring (bicyclic) bond motifs is 5. The number of nitrogens with zero attached hydrogens (tertiary/aromatic N) is 1. The molecule has 0 aliphatic heterocycles. The Kier molecular flexibility index (Phi) is 1.54. The number of benzene rings is 1. The fourth-order valence-corrected chi connectivity index (χ4v) is 3.08. The van der Waals surface area contributed by atoms with Gasteiger partial charge in [0.2, 0.25) is 0 Å². The number of allylic oxidation sites excluding steroid dienone is 1. The fourth-order valence-electron chi connectivity index (χ4n) is 3.08. The van der Waals surface area contributed by atoms with Crippen LogP contribution in [0.1, 0.15) is 36.1 Å². The fraction of sp³-hybridized carbons (Fsp3) is 0.312. The molecule has 0 N–H and O–H groups in total. The van der Waals surface area contributed by atoms with Crippen molar-refractivity contribution in [2.24, 2.45) is 5.41 Å². The molecule has 0 spiro atoms. The van der Waals surface area contributed by atoms with Crippen molar-refractivity contribution >= 4 is 16.8 Å². The third-order valence-corrected chi connectivity index (χ3v) is 4.36. The summed E-state index contributed by atoms with van der Waals surface area (Å²) in [5.74, 6) is 0.660. The molecule has 2 aliphatic carbocycles. The highest BCUT2D eigenvalue weighted by atomic mass is 14.7. The van der Waals surface area contributed by atoms with Crippen LogP contribution in [-0.2, 0) is 0 Å². The zero-order valence-electron chi connectivity index (χ0n) is 10.2. The Labute approximate surface area is 101 Å². The van der Waals surface area contributed by atoms with Gasteiger partial charge in [0.25, 0.3) is 0 Å². The van der Waals surface area contributed by atoms with Crippen molar-refractivity contribution in [2.75, 3.05) is 0 Å². The van der Waals surface area contributed by atoms with Gasteiger partial charge in [-0.1, -0.05) is 36.8 Å². The van der Waals surface area contributed by atoms with E-state index < -0.39 is 0 Å². The van der Waals surface area contributed by atoms with Crippen LogP contribution in [0.25, 0.3) is 16.8 Å². The van der Waals surface area contributed by atoms with Gasteiger partial charge in [0.1, 0.15) is 0 Å². The highest BCUT2D eigenvalue weighted by molar-refractivity contribution is 5.92. The molecule has 0 saturated heterocycles. The summed E-state index contributed by atoms with van der Waals surface area (Å²) in [5, 5.41) is 2.61. The van der Waals surface area contributed by atoms with E-state index in [9.17, 15) is 0 Å². The molecule has 1 aromatic carbocycles. The Balaban J connectivity index is 2.05. The molecule has 0 radical (unpaired) electrons. The van der Waals surface area contributed by atoms with E-state index in [4.69, 9.17) is 4.98 Å². The predicted molar refractivity (Wildman–Crippen MR) is 71.0 cm³/mol. The van der Waals surface area contributed by atoms with E-state index >= 15 is 0 Å². The van der Waals surface area contributed by atoms with Crippen molar-refractivity contribution in [2.45, 2.75) is 26.2 Å². The van der Waals surface area contributed by atoms with E-state index in [1.54, 1.807) is 0 Å². The van der Waals surface area contributed by atoms with Crippen molar-refractivity contribution in [3.63, 3.8) is 0 Å². The van der Waals surface area contributed by atoms with Gasteiger partial charge >= 0.3 is 0 Å². The Bertz CT molecular complexity index is 669. The Morgan fingerprint density at radius 3 is 3.12 bits per heavy atom. The molecule has 0 bridgehead atoms. The van der Waals surface area contributed by atoms with Crippen LogP contribution in [0, 0.1) is 12.3 Å².